The van der Waals surface area contributed by atoms with Crippen LogP contribution in [0.25, 0.3) is 6.08 Å². The normalized spacial score (nSPS) is 11.8. The predicted octanol–water partition coefficient (Wildman–Crippen LogP) is 7.36. The van der Waals surface area contributed by atoms with Gasteiger partial charge in [0.2, 0.25) is 11.7 Å². The number of anilines is 2. The molecule has 0 radical (unpaired) electrons. The molecule has 0 spiro atoms. The third kappa shape index (κ3) is 9.40. The van der Waals surface area contributed by atoms with Gasteiger partial charge in [0.15, 0.2) is 11.5 Å². The smallest absolute Gasteiger partial charge is 0.272 e. The van der Waals surface area contributed by atoms with E-state index in [1.807, 2.05) is 37.3 Å². The van der Waals surface area contributed by atoms with Crippen molar-refractivity contribution >= 4 is 46.9 Å². The molecule has 0 aliphatic heterocycles. The summed E-state index contributed by atoms with van der Waals surface area (Å²) in [7, 11) is 4.49. The first-order chi connectivity index (χ1) is 22.6. The third-order valence-corrected chi connectivity index (χ3v) is 8.24. The Bertz CT molecular complexity index is 1710. The minimum atomic E-state index is -0.555. The largest absolute Gasteiger partial charge is 0.493 e. The first kappa shape index (κ1) is 34.6. The number of hydrogen-bond donors (Lipinski definition) is 3. The Labute approximate surface area is 279 Å². The summed E-state index contributed by atoms with van der Waals surface area (Å²) in [6, 6.07) is 26.9. The van der Waals surface area contributed by atoms with E-state index in [0.29, 0.717) is 40.0 Å². The van der Waals surface area contributed by atoms with Crippen LogP contribution >= 0.6 is 11.8 Å². The molecule has 0 heterocycles. The van der Waals surface area contributed by atoms with Gasteiger partial charge in [0.05, 0.1) is 26.6 Å². The number of nitrogens with one attached hydrogen (secondary N) is 3. The zero-order valence-corrected chi connectivity index (χ0v) is 28.1. The summed E-state index contributed by atoms with van der Waals surface area (Å²) in [4.78, 5) is 40.5. The maximum absolute atomic E-state index is 13.7. The van der Waals surface area contributed by atoms with Crippen molar-refractivity contribution in [2.45, 2.75) is 36.8 Å². The molecule has 1 unspecified atom stereocenters. The summed E-state index contributed by atoms with van der Waals surface area (Å²) in [6.45, 7) is 6.07. The van der Waals surface area contributed by atoms with E-state index in [9.17, 15) is 14.4 Å². The Kier molecular flexibility index (Phi) is 12.1. The molecule has 0 saturated heterocycles. The molecule has 4 aromatic carbocycles. The van der Waals surface area contributed by atoms with Crippen LogP contribution in [0.15, 0.2) is 102 Å². The lowest BCUT2D eigenvalue weighted by Crippen LogP contribution is -2.30. The van der Waals surface area contributed by atoms with Crippen LogP contribution in [0.5, 0.6) is 17.2 Å². The lowest BCUT2D eigenvalue weighted by atomic mass is 10.0. The monoisotopic (exact) mass is 653 g/mol. The van der Waals surface area contributed by atoms with E-state index in [1.165, 1.54) is 44.7 Å². The van der Waals surface area contributed by atoms with Gasteiger partial charge in [-0.25, -0.2) is 0 Å². The molecule has 9 nitrogen and oxygen atoms in total. The van der Waals surface area contributed by atoms with Crippen molar-refractivity contribution in [2.24, 2.45) is 0 Å². The van der Waals surface area contributed by atoms with Gasteiger partial charge >= 0.3 is 0 Å². The van der Waals surface area contributed by atoms with Gasteiger partial charge in [0, 0.05) is 21.8 Å². The molecular formula is C37H39N3O6S. The quantitative estimate of drug-likeness (QED) is 0.102. The number of hydrogen-bond acceptors (Lipinski definition) is 7. The van der Waals surface area contributed by atoms with Gasteiger partial charge in [-0.3, -0.25) is 14.4 Å². The van der Waals surface area contributed by atoms with Gasteiger partial charge in [0.25, 0.3) is 11.8 Å². The Morgan fingerprint density at radius 3 is 1.98 bits per heavy atom. The number of ether oxygens (including phenoxy) is 3. The summed E-state index contributed by atoms with van der Waals surface area (Å²) in [6.07, 6.45) is 1.53. The number of carbonyl (C=O) groups is 3. The average Bonchev–Trinajstić information content (AvgIpc) is 3.08. The second-order valence-corrected chi connectivity index (χ2v) is 12.3. The summed E-state index contributed by atoms with van der Waals surface area (Å²) < 4.78 is 16.3. The minimum absolute atomic E-state index is 0.0117. The topological polar surface area (TPSA) is 115 Å². The number of methoxy groups -OCH3 is 3. The Hall–Kier alpha value is -5.22. The summed E-state index contributed by atoms with van der Waals surface area (Å²) in [5.74, 6) is 0.436. The zero-order valence-electron chi connectivity index (χ0n) is 27.3. The summed E-state index contributed by atoms with van der Waals surface area (Å²) in [5.41, 5.74) is 3.32. The molecule has 10 heteroatoms. The van der Waals surface area contributed by atoms with Gasteiger partial charge in [-0.1, -0.05) is 50.2 Å². The van der Waals surface area contributed by atoms with Crippen LogP contribution in [0.4, 0.5) is 11.4 Å². The van der Waals surface area contributed by atoms with E-state index < -0.39 is 17.1 Å². The highest BCUT2D eigenvalue weighted by atomic mass is 32.2. The van der Waals surface area contributed by atoms with E-state index in [0.717, 1.165) is 10.6 Å². The number of benzene rings is 4. The Morgan fingerprint density at radius 2 is 1.38 bits per heavy atom. The first-order valence-corrected chi connectivity index (χ1v) is 15.9. The lowest BCUT2D eigenvalue weighted by molar-refractivity contribution is -0.115. The molecule has 3 amide bonds. The van der Waals surface area contributed by atoms with Gasteiger partial charge in [-0.2, -0.15) is 0 Å². The van der Waals surface area contributed by atoms with Crippen LogP contribution in [-0.4, -0.2) is 44.3 Å². The molecule has 0 fully saturated rings. The molecule has 47 heavy (non-hydrogen) atoms. The molecule has 0 aliphatic rings. The van der Waals surface area contributed by atoms with Gasteiger partial charge in [-0.05, 0) is 84.6 Å². The van der Waals surface area contributed by atoms with Crippen LogP contribution in [0.2, 0.25) is 0 Å². The summed E-state index contributed by atoms with van der Waals surface area (Å²) in [5, 5.41) is 8.17. The number of thioether (sulfide) groups is 1. The second-order valence-electron chi connectivity index (χ2n) is 10.8. The van der Waals surface area contributed by atoms with Crippen LogP contribution < -0.4 is 30.2 Å². The highest BCUT2D eigenvalue weighted by Gasteiger charge is 2.19. The molecule has 0 bridgehead atoms. The molecule has 0 aromatic heterocycles. The van der Waals surface area contributed by atoms with Crippen molar-refractivity contribution < 1.29 is 28.6 Å². The van der Waals surface area contributed by atoms with Crippen molar-refractivity contribution in [3.63, 3.8) is 0 Å². The van der Waals surface area contributed by atoms with E-state index in [2.05, 4.69) is 29.8 Å². The zero-order chi connectivity index (χ0) is 33.9. The van der Waals surface area contributed by atoms with E-state index in [1.54, 1.807) is 60.7 Å². The molecule has 4 aromatic rings. The first-order valence-electron chi connectivity index (χ1n) is 15.0. The van der Waals surface area contributed by atoms with Crippen LogP contribution in [0.3, 0.4) is 0 Å². The number of carbonyl (C=O) groups excluding carboxylic acids is 3. The van der Waals surface area contributed by atoms with Crippen molar-refractivity contribution in [2.75, 3.05) is 32.0 Å². The van der Waals surface area contributed by atoms with E-state index in [-0.39, 0.29) is 11.6 Å². The maximum Gasteiger partial charge on any atom is 0.272 e. The molecular weight excluding hydrogens is 614 g/mol. The van der Waals surface area contributed by atoms with Crippen molar-refractivity contribution in [1.82, 2.24) is 5.32 Å². The van der Waals surface area contributed by atoms with Crippen molar-refractivity contribution in [1.29, 1.82) is 0 Å². The average molecular weight is 654 g/mol. The SMILES string of the molecule is COc1cc(/C=C(/NC(=O)c2ccccc2)C(=O)Nc2cccc(SC(C)C(=O)Nc3ccc(C(C)C)cc3)c2)cc(OC)c1OC. The molecule has 244 valence electrons. The second kappa shape index (κ2) is 16.4. The predicted molar refractivity (Wildman–Crippen MR) is 188 cm³/mol. The third-order valence-electron chi connectivity index (χ3n) is 7.15. The van der Waals surface area contributed by atoms with Gasteiger partial charge in [-0.15, -0.1) is 11.8 Å². The standard InChI is InChI=1S/C37H39N3O6S/c1-23(2)26-15-17-28(18-16-26)38-35(41)24(3)47-30-14-10-13-29(22-30)39-37(43)31(40-36(42)27-11-8-7-9-12-27)19-25-20-32(44-4)34(46-6)33(21-25)45-5/h7-24H,1-6H3,(H,38,41)(H,39,43)(H,40,42)/b31-19+. The van der Waals surface area contributed by atoms with Crippen LogP contribution in [-0.2, 0) is 9.59 Å². The fourth-order valence-electron chi connectivity index (χ4n) is 4.59. The summed E-state index contributed by atoms with van der Waals surface area (Å²) >= 11 is 1.36. The molecule has 4 rings (SSSR count). The van der Waals surface area contributed by atoms with Crippen molar-refractivity contribution in [3.8, 4) is 17.2 Å². The van der Waals surface area contributed by atoms with E-state index in [4.69, 9.17) is 14.2 Å². The van der Waals surface area contributed by atoms with Crippen LogP contribution in [0, 0.1) is 0 Å². The Morgan fingerprint density at radius 1 is 0.723 bits per heavy atom. The lowest BCUT2D eigenvalue weighted by Gasteiger charge is -2.15. The fraction of sp³-hybridized carbons (Fsp3) is 0.216. The number of amides is 3. The highest BCUT2D eigenvalue weighted by molar-refractivity contribution is 8.00. The van der Waals surface area contributed by atoms with E-state index >= 15 is 0 Å². The maximum atomic E-state index is 13.7. The minimum Gasteiger partial charge on any atom is -0.493 e. The Balaban J connectivity index is 1.54. The molecule has 0 saturated carbocycles. The molecule has 1 atom stereocenters. The number of rotatable bonds is 13. The van der Waals surface area contributed by atoms with Gasteiger partial charge < -0.3 is 30.2 Å². The van der Waals surface area contributed by atoms with Crippen molar-refractivity contribution in [3.05, 3.63) is 113 Å². The van der Waals surface area contributed by atoms with Gasteiger partial charge in [0.1, 0.15) is 5.70 Å². The fourth-order valence-corrected chi connectivity index (χ4v) is 5.52. The molecule has 3 N–H and O–H groups in total. The highest BCUT2D eigenvalue weighted by Crippen LogP contribution is 2.38. The van der Waals surface area contributed by atoms with Crippen LogP contribution in [0.1, 0.15) is 48.2 Å². The molecule has 0 aliphatic carbocycles.